The number of nitrogens with one attached hydrogen (secondary N) is 2. The minimum Gasteiger partial charge on any atom is -0.870 e. The van der Waals surface area contributed by atoms with Crippen molar-refractivity contribution in [2.75, 3.05) is 13.1 Å². The van der Waals surface area contributed by atoms with Crippen molar-refractivity contribution in [3.05, 3.63) is 101 Å². The summed E-state index contributed by atoms with van der Waals surface area (Å²) in [5.74, 6) is -2.94. The number of rotatable bonds is 2. The van der Waals surface area contributed by atoms with Gasteiger partial charge in [0.05, 0.1) is 24.0 Å². The van der Waals surface area contributed by atoms with Crippen LogP contribution in [0.5, 0.6) is 34.5 Å². The average molecular weight is 1050 g/mol. The van der Waals surface area contributed by atoms with Crippen LogP contribution in [0.25, 0.3) is 0 Å². The number of aliphatic hydroxyl groups excluding tert-OH is 2. The molecule has 2 unspecified atom stereocenters. The smallest absolute Gasteiger partial charge is 0.446 e. The van der Waals surface area contributed by atoms with Crippen molar-refractivity contribution < 1.29 is 62.0 Å². The molecule has 0 spiro atoms. The van der Waals surface area contributed by atoms with Gasteiger partial charge in [0.25, 0.3) is 11.8 Å². The molecule has 4 aromatic carbocycles. The lowest BCUT2D eigenvalue weighted by Gasteiger charge is -2.19. The molecule has 4 aromatic rings. The Morgan fingerprint density at radius 1 is 0.768 bits per heavy atom. The molecule has 56 heavy (non-hydrogen) atoms. The Labute approximate surface area is 351 Å². The van der Waals surface area contributed by atoms with Gasteiger partial charge in [0.2, 0.25) is 5.75 Å². The molecule has 2 atom stereocenters. The number of nitrogens with zero attached hydrogens (tertiary/aromatic N) is 2. The van der Waals surface area contributed by atoms with Crippen LogP contribution in [-0.4, -0.2) is 69.9 Å². The fourth-order valence-corrected chi connectivity index (χ4v) is 8.12. The number of hydrogen-bond donors (Lipinski definition) is 7. The van der Waals surface area contributed by atoms with Crippen LogP contribution in [0.15, 0.2) is 88.9 Å². The first-order chi connectivity index (χ1) is 26.5. The number of oxime groups is 2. The molecule has 0 aliphatic carbocycles. The molecule has 0 aromatic heterocycles. The van der Waals surface area contributed by atoms with E-state index in [1.54, 1.807) is 0 Å². The monoisotopic (exact) mass is 1050 g/mol. The maximum atomic E-state index is 13.1. The van der Waals surface area contributed by atoms with E-state index in [0.29, 0.717) is 15.6 Å². The standard InChI is InChI=1S/C34H28Br4N4O13S/c35-19-11-17-2-4-26(19)53-27-9-15(1-3-24(27)43)5-6-39-34(47)29(42-49)30(45)18-12-21(37)31(22(38)13-18)54-28-10-16(7-20(36)32(28)55-56(50,51)52)8-23(41-48)33(46)40-14-25(17)44/h1-4,7,9-13,25,30,43-45,48-49H,5-6,8,14H2,(H,39,47)(H,40,46)(H,50,51,52)/p-1/b41-23+,42-29+. The largest absolute Gasteiger partial charge is 0.870 e. The summed E-state index contributed by atoms with van der Waals surface area (Å²) in [5, 5.41) is 65.2. The summed E-state index contributed by atoms with van der Waals surface area (Å²) in [5.41, 5.74) is 0.0580. The molecule has 7 N–H and O–H groups in total. The lowest BCUT2D eigenvalue weighted by atomic mass is 10.0. The second-order valence-corrected chi connectivity index (χ2v) is 16.2. The van der Waals surface area contributed by atoms with E-state index in [0.717, 1.165) is 0 Å². The lowest BCUT2D eigenvalue weighted by Crippen LogP contribution is -2.36. The van der Waals surface area contributed by atoms with Crippen LogP contribution in [0.4, 0.5) is 0 Å². The minimum atomic E-state index is -5.11. The van der Waals surface area contributed by atoms with Crippen LogP contribution in [0, 0.1) is 0 Å². The topological polar surface area (TPSA) is 269 Å². The van der Waals surface area contributed by atoms with Crippen molar-refractivity contribution >= 4 is 97.4 Å². The minimum absolute atomic E-state index is 0.0105. The third-order valence-electron chi connectivity index (χ3n) is 7.88. The number of benzene rings is 4. The molecule has 4 aliphatic rings. The van der Waals surface area contributed by atoms with Crippen LogP contribution in [0.1, 0.15) is 34.5 Å². The van der Waals surface area contributed by atoms with E-state index in [1.165, 1.54) is 60.7 Å². The van der Waals surface area contributed by atoms with E-state index in [9.17, 15) is 48.3 Å². The molecule has 0 fully saturated rings. The predicted octanol–water partition coefficient (Wildman–Crippen LogP) is 5.33. The Kier molecular flexibility index (Phi) is 14.0. The number of carbonyl (C=O) groups excluding carboxylic acids is 2. The van der Waals surface area contributed by atoms with E-state index in [2.05, 4.69) is 84.7 Å². The number of halogens is 4. The highest BCUT2D eigenvalue weighted by Gasteiger charge is 2.27. The molecule has 4 aliphatic heterocycles. The van der Waals surface area contributed by atoms with Gasteiger partial charge >= 0.3 is 10.4 Å². The molecule has 0 saturated carbocycles. The molecule has 17 nitrogen and oxygen atoms in total. The predicted molar refractivity (Wildman–Crippen MR) is 210 cm³/mol. The third-order valence-corrected chi connectivity index (χ3v) is 10.6. The summed E-state index contributed by atoms with van der Waals surface area (Å²) in [7, 11) is -5.11. The Morgan fingerprint density at radius 3 is 2.09 bits per heavy atom. The van der Waals surface area contributed by atoms with Gasteiger partial charge in [0, 0.05) is 19.5 Å². The number of carbonyl (C=O) groups is 2. The molecule has 2 amide bonds. The first-order valence-electron chi connectivity index (χ1n) is 15.8. The van der Waals surface area contributed by atoms with Gasteiger partial charge in [-0.25, -0.2) is 0 Å². The average Bonchev–Trinajstić information content (AvgIpc) is 3.13. The Balaban J connectivity index is 1.55. The van der Waals surface area contributed by atoms with E-state index >= 15 is 0 Å². The van der Waals surface area contributed by atoms with Crippen molar-refractivity contribution in [3.8, 4) is 34.5 Å². The maximum absolute atomic E-state index is 13.1. The van der Waals surface area contributed by atoms with Crippen molar-refractivity contribution in [2.45, 2.75) is 25.0 Å². The number of aliphatic hydroxyl groups is 2. The van der Waals surface area contributed by atoms with Gasteiger partial charge in [-0.3, -0.25) is 14.1 Å². The molecular weight excluding hydrogens is 1020 g/mol. The summed E-state index contributed by atoms with van der Waals surface area (Å²) < 4.78 is 50.2. The van der Waals surface area contributed by atoms with Gasteiger partial charge in [0.1, 0.15) is 23.3 Å². The van der Waals surface area contributed by atoms with Crippen molar-refractivity contribution in [1.82, 2.24) is 10.6 Å². The fourth-order valence-electron chi connectivity index (χ4n) is 5.20. The van der Waals surface area contributed by atoms with Crippen LogP contribution in [0.2, 0.25) is 0 Å². The molecule has 0 saturated heterocycles. The third kappa shape index (κ3) is 10.6. The van der Waals surface area contributed by atoms with E-state index in [4.69, 9.17) is 13.7 Å². The summed E-state index contributed by atoms with van der Waals surface area (Å²) in [6, 6.07) is 14.0. The van der Waals surface area contributed by atoms with E-state index < -0.39 is 57.3 Å². The first-order valence-corrected chi connectivity index (χ1v) is 20.3. The Hall–Kier alpha value is -4.29. The number of hydrogen-bond acceptors (Lipinski definition) is 14. The fraction of sp³-hybridized carbons (Fsp3) is 0.176. The molecular formula is C34H27Br4N4O13S-. The number of amides is 2. The van der Waals surface area contributed by atoms with Crippen LogP contribution in [-0.2, 0) is 32.8 Å². The Bertz CT molecular complexity index is 2340. The lowest BCUT2D eigenvalue weighted by molar-refractivity contribution is -0.269. The second kappa shape index (κ2) is 18.3. The molecule has 296 valence electrons. The maximum Gasteiger partial charge on any atom is 0.446 e. The van der Waals surface area contributed by atoms with Gasteiger partial charge in [0.15, 0.2) is 17.2 Å². The van der Waals surface area contributed by atoms with Crippen molar-refractivity contribution in [2.24, 2.45) is 10.3 Å². The van der Waals surface area contributed by atoms with Gasteiger partial charge in [-0.2, -0.15) is 8.42 Å². The molecule has 22 heteroatoms. The quantitative estimate of drug-likeness (QED) is 0.0761. The van der Waals surface area contributed by atoms with Gasteiger partial charge in [-0.05, 0) is 135 Å². The summed E-state index contributed by atoms with van der Waals surface area (Å²) in [6.45, 7) is -0.338. The zero-order valence-corrected chi connectivity index (χ0v) is 35.2. The normalized spacial score (nSPS) is 18.7. The zero-order valence-electron chi connectivity index (χ0n) is 28.1. The highest BCUT2D eigenvalue weighted by molar-refractivity contribution is 9.11. The van der Waals surface area contributed by atoms with Crippen LogP contribution in [0.3, 0.4) is 0 Å². The van der Waals surface area contributed by atoms with Crippen LogP contribution >= 0.6 is 63.7 Å². The molecule has 4 heterocycles. The Morgan fingerprint density at radius 2 is 1.45 bits per heavy atom. The van der Waals surface area contributed by atoms with Crippen molar-refractivity contribution in [3.63, 3.8) is 0 Å². The molecule has 8 rings (SSSR count). The summed E-state index contributed by atoms with van der Waals surface area (Å²) in [4.78, 5) is 26.1. The van der Waals surface area contributed by atoms with Crippen molar-refractivity contribution in [1.29, 1.82) is 0 Å². The first kappa shape index (κ1) is 42.8. The summed E-state index contributed by atoms with van der Waals surface area (Å²) in [6.07, 6.45) is -3.21. The van der Waals surface area contributed by atoms with Gasteiger partial charge < -0.3 is 50.0 Å². The number of ether oxygens (including phenoxy) is 2. The van der Waals surface area contributed by atoms with E-state index in [1.807, 2.05) is 0 Å². The highest BCUT2D eigenvalue weighted by Crippen LogP contribution is 2.45. The second-order valence-electron chi connectivity index (χ2n) is 11.7. The van der Waals surface area contributed by atoms with Gasteiger partial charge in [-0.15, -0.1) is 0 Å². The molecule has 8 bridgehead atoms. The van der Waals surface area contributed by atoms with E-state index in [-0.39, 0.29) is 73.5 Å². The zero-order chi connectivity index (χ0) is 40.9. The SMILES string of the molecule is O=C1NCC(O)c2ccc(c(Br)c2)Oc2cc(ccc2[O-])CCNC(=O)/C(=N/O)C(O)c2cc(Br)c(c(Br)c2)Oc2cc(cc(Br)c2OS(=O)(=O)O)C/C1=N\O. The van der Waals surface area contributed by atoms with Crippen LogP contribution < -0.4 is 29.4 Å². The molecule has 0 radical (unpaired) electrons. The highest BCUT2D eigenvalue weighted by atomic mass is 79.9. The van der Waals surface area contributed by atoms with Gasteiger partial charge in [-0.1, -0.05) is 34.3 Å². The summed E-state index contributed by atoms with van der Waals surface area (Å²) >= 11 is 13.2.